The van der Waals surface area contributed by atoms with Gasteiger partial charge < -0.3 is 9.84 Å². The first-order valence-electron chi connectivity index (χ1n) is 6.83. The van der Waals surface area contributed by atoms with E-state index in [9.17, 15) is 4.79 Å². The minimum atomic E-state index is -0.675. The summed E-state index contributed by atoms with van der Waals surface area (Å²) in [5.74, 6) is 0.296. The van der Waals surface area contributed by atoms with E-state index in [0.717, 1.165) is 25.3 Å². The lowest BCUT2D eigenvalue weighted by atomic mass is 9.99. The maximum absolute atomic E-state index is 11.1. The SMILES string of the molecule is CC1CN(CC2Cc3ccccc3O2)CC1C(=O)O. The second-order valence-electron chi connectivity index (χ2n) is 5.69. The highest BCUT2D eigenvalue weighted by Crippen LogP contribution is 2.30. The molecule has 0 bridgehead atoms. The Hall–Kier alpha value is -1.55. The van der Waals surface area contributed by atoms with Crippen LogP contribution >= 0.6 is 0 Å². The summed E-state index contributed by atoms with van der Waals surface area (Å²) >= 11 is 0. The van der Waals surface area contributed by atoms with Crippen molar-refractivity contribution in [2.75, 3.05) is 19.6 Å². The number of hydrogen-bond donors (Lipinski definition) is 1. The predicted octanol–water partition coefficient (Wildman–Crippen LogP) is 1.64. The van der Waals surface area contributed by atoms with Crippen molar-refractivity contribution in [1.29, 1.82) is 0 Å². The molecule has 0 aliphatic carbocycles. The van der Waals surface area contributed by atoms with E-state index < -0.39 is 5.97 Å². The van der Waals surface area contributed by atoms with Crippen LogP contribution in [-0.2, 0) is 11.2 Å². The summed E-state index contributed by atoms with van der Waals surface area (Å²) in [5, 5.41) is 9.15. The zero-order valence-corrected chi connectivity index (χ0v) is 11.1. The number of ether oxygens (including phenoxy) is 1. The highest BCUT2D eigenvalue weighted by molar-refractivity contribution is 5.71. The summed E-state index contributed by atoms with van der Waals surface area (Å²) in [7, 11) is 0. The van der Waals surface area contributed by atoms with Gasteiger partial charge in [-0.3, -0.25) is 9.69 Å². The van der Waals surface area contributed by atoms with Crippen molar-refractivity contribution in [1.82, 2.24) is 4.90 Å². The maximum atomic E-state index is 11.1. The first kappa shape index (κ1) is 12.5. The summed E-state index contributed by atoms with van der Waals surface area (Å²) in [6.07, 6.45) is 1.09. The van der Waals surface area contributed by atoms with Gasteiger partial charge in [-0.2, -0.15) is 0 Å². The van der Waals surface area contributed by atoms with Crippen molar-refractivity contribution in [2.45, 2.75) is 19.4 Å². The number of carboxylic acid groups (broad SMARTS) is 1. The van der Waals surface area contributed by atoms with Gasteiger partial charge in [-0.05, 0) is 17.5 Å². The van der Waals surface area contributed by atoms with Crippen molar-refractivity contribution >= 4 is 5.97 Å². The molecule has 1 N–H and O–H groups in total. The molecular formula is C15H19NO3. The molecule has 2 heterocycles. The Balaban J connectivity index is 1.59. The number of fused-ring (bicyclic) bond motifs is 1. The van der Waals surface area contributed by atoms with Crippen molar-refractivity contribution in [3.05, 3.63) is 29.8 Å². The maximum Gasteiger partial charge on any atom is 0.308 e. The monoisotopic (exact) mass is 261 g/mol. The summed E-state index contributed by atoms with van der Waals surface area (Å²) in [5.41, 5.74) is 1.26. The Morgan fingerprint density at radius 2 is 2.21 bits per heavy atom. The Morgan fingerprint density at radius 3 is 2.89 bits per heavy atom. The molecule has 4 heteroatoms. The zero-order chi connectivity index (χ0) is 13.4. The molecule has 1 saturated heterocycles. The molecular weight excluding hydrogens is 242 g/mol. The van der Waals surface area contributed by atoms with Crippen LogP contribution in [0.4, 0.5) is 0 Å². The minimum absolute atomic E-state index is 0.164. The molecule has 102 valence electrons. The number of nitrogens with zero attached hydrogens (tertiary/aromatic N) is 1. The average Bonchev–Trinajstić information content (AvgIpc) is 2.92. The number of likely N-dealkylation sites (tertiary alicyclic amines) is 1. The lowest BCUT2D eigenvalue weighted by Crippen LogP contribution is -2.34. The van der Waals surface area contributed by atoms with E-state index in [2.05, 4.69) is 11.0 Å². The predicted molar refractivity (Wildman–Crippen MR) is 71.3 cm³/mol. The number of aliphatic carboxylic acids is 1. The van der Waals surface area contributed by atoms with Crippen molar-refractivity contribution in [3.63, 3.8) is 0 Å². The molecule has 2 aliphatic rings. The number of carboxylic acids is 1. The molecule has 1 fully saturated rings. The molecule has 0 spiro atoms. The first-order valence-corrected chi connectivity index (χ1v) is 6.83. The van der Waals surface area contributed by atoms with Crippen molar-refractivity contribution in [3.8, 4) is 5.75 Å². The molecule has 1 aromatic rings. The molecule has 0 radical (unpaired) electrons. The summed E-state index contributed by atoms with van der Waals surface area (Å²) in [6, 6.07) is 8.12. The van der Waals surface area contributed by atoms with Crippen LogP contribution in [0.2, 0.25) is 0 Å². The van der Waals surface area contributed by atoms with Crippen LogP contribution in [0, 0.1) is 11.8 Å². The summed E-state index contributed by atoms with van der Waals surface area (Å²) in [6.45, 7) is 4.34. The number of para-hydroxylation sites is 1. The number of benzene rings is 1. The van der Waals surface area contributed by atoms with Gasteiger partial charge in [-0.25, -0.2) is 0 Å². The third-order valence-electron chi connectivity index (χ3n) is 4.18. The topological polar surface area (TPSA) is 49.8 Å². The summed E-state index contributed by atoms with van der Waals surface area (Å²) < 4.78 is 5.91. The van der Waals surface area contributed by atoms with Crippen LogP contribution in [0.5, 0.6) is 5.75 Å². The lowest BCUT2D eigenvalue weighted by Gasteiger charge is -2.19. The van der Waals surface area contributed by atoms with Gasteiger partial charge in [0.15, 0.2) is 0 Å². The van der Waals surface area contributed by atoms with E-state index >= 15 is 0 Å². The fourth-order valence-electron chi connectivity index (χ4n) is 3.18. The quantitative estimate of drug-likeness (QED) is 0.898. The molecule has 1 aromatic carbocycles. The number of hydrogen-bond acceptors (Lipinski definition) is 3. The van der Waals surface area contributed by atoms with E-state index in [4.69, 9.17) is 9.84 Å². The molecule has 4 nitrogen and oxygen atoms in total. The van der Waals surface area contributed by atoms with Gasteiger partial charge in [-0.1, -0.05) is 25.1 Å². The van der Waals surface area contributed by atoms with Crippen LogP contribution in [0.1, 0.15) is 12.5 Å². The van der Waals surface area contributed by atoms with E-state index in [-0.39, 0.29) is 17.9 Å². The number of rotatable bonds is 3. The summed E-state index contributed by atoms with van der Waals surface area (Å²) in [4.78, 5) is 13.3. The molecule has 19 heavy (non-hydrogen) atoms. The molecule has 0 saturated carbocycles. The van der Waals surface area contributed by atoms with Crippen LogP contribution in [0.25, 0.3) is 0 Å². The van der Waals surface area contributed by atoms with Crippen LogP contribution in [0.15, 0.2) is 24.3 Å². The van der Waals surface area contributed by atoms with Gasteiger partial charge in [0.05, 0.1) is 5.92 Å². The second kappa shape index (κ2) is 4.85. The Morgan fingerprint density at radius 1 is 1.42 bits per heavy atom. The third kappa shape index (κ3) is 2.45. The van der Waals surface area contributed by atoms with Crippen molar-refractivity contribution in [2.24, 2.45) is 11.8 Å². The van der Waals surface area contributed by atoms with E-state index in [1.54, 1.807) is 0 Å². The largest absolute Gasteiger partial charge is 0.488 e. The molecule has 0 aromatic heterocycles. The fourth-order valence-corrected chi connectivity index (χ4v) is 3.18. The molecule has 0 amide bonds. The standard InChI is InChI=1S/C15H19NO3/c1-10-7-16(9-13(10)15(17)18)8-12-6-11-4-2-3-5-14(11)19-12/h2-5,10,12-13H,6-9H2,1H3,(H,17,18). The van der Waals surface area contributed by atoms with Gasteiger partial charge in [0.25, 0.3) is 0 Å². The normalized spacial score (nSPS) is 30.1. The van der Waals surface area contributed by atoms with Gasteiger partial charge in [0.1, 0.15) is 11.9 Å². The second-order valence-corrected chi connectivity index (χ2v) is 5.69. The van der Waals surface area contributed by atoms with Crippen LogP contribution in [-0.4, -0.2) is 41.7 Å². The Bertz CT molecular complexity index is 463. The van der Waals surface area contributed by atoms with E-state index in [1.807, 2.05) is 25.1 Å². The fraction of sp³-hybridized carbons (Fsp3) is 0.533. The van der Waals surface area contributed by atoms with E-state index in [0.29, 0.717) is 6.54 Å². The van der Waals surface area contributed by atoms with Crippen molar-refractivity contribution < 1.29 is 14.6 Å². The first-order chi connectivity index (χ1) is 9.13. The van der Waals surface area contributed by atoms with Crippen LogP contribution < -0.4 is 4.74 Å². The number of carbonyl (C=O) groups is 1. The molecule has 3 atom stereocenters. The zero-order valence-electron chi connectivity index (χ0n) is 11.1. The lowest BCUT2D eigenvalue weighted by molar-refractivity contribution is -0.142. The molecule has 3 rings (SSSR count). The third-order valence-corrected chi connectivity index (χ3v) is 4.18. The van der Waals surface area contributed by atoms with Gasteiger partial charge in [-0.15, -0.1) is 0 Å². The van der Waals surface area contributed by atoms with Crippen LogP contribution in [0.3, 0.4) is 0 Å². The Labute approximate surface area is 113 Å². The Kier molecular flexibility index (Phi) is 3.19. The smallest absolute Gasteiger partial charge is 0.308 e. The highest BCUT2D eigenvalue weighted by Gasteiger charge is 2.36. The average molecular weight is 261 g/mol. The molecule has 3 unspecified atom stereocenters. The van der Waals surface area contributed by atoms with Gasteiger partial charge in [0, 0.05) is 26.1 Å². The molecule has 2 aliphatic heterocycles. The van der Waals surface area contributed by atoms with E-state index in [1.165, 1.54) is 5.56 Å². The minimum Gasteiger partial charge on any atom is -0.488 e. The van der Waals surface area contributed by atoms with Gasteiger partial charge >= 0.3 is 5.97 Å². The highest BCUT2D eigenvalue weighted by atomic mass is 16.5. The van der Waals surface area contributed by atoms with Gasteiger partial charge in [0.2, 0.25) is 0 Å².